The van der Waals surface area contributed by atoms with E-state index in [1.807, 2.05) is 0 Å². The molecule has 2 amide bonds. The Balaban J connectivity index is 0.00000240. The van der Waals surface area contributed by atoms with E-state index >= 15 is 0 Å². The Morgan fingerprint density at radius 3 is 2.83 bits per heavy atom. The minimum atomic E-state index is -0.409. The van der Waals surface area contributed by atoms with Crippen molar-refractivity contribution in [3.8, 4) is 0 Å². The molecular formula is C23H34ClN3O2. The van der Waals surface area contributed by atoms with Crippen LogP contribution in [-0.2, 0) is 21.4 Å². The van der Waals surface area contributed by atoms with Crippen LogP contribution in [0.1, 0.15) is 56.6 Å². The summed E-state index contributed by atoms with van der Waals surface area (Å²) in [7, 11) is 0. The third-order valence-corrected chi connectivity index (χ3v) is 6.95. The van der Waals surface area contributed by atoms with Crippen molar-refractivity contribution < 1.29 is 9.59 Å². The number of hydrogen-bond donors (Lipinski definition) is 2. The predicted octanol–water partition coefficient (Wildman–Crippen LogP) is 2.81. The van der Waals surface area contributed by atoms with E-state index in [1.165, 1.54) is 11.1 Å². The summed E-state index contributed by atoms with van der Waals surface area (Å²) >= 11 is 0. The van der Waals surface area contributed by atoms with Crippen LogP contribution in [0.15, 0.2) is 24.3 Å². The largest absolute Gasteiger partial charge is 0.354 e. The fourth-order valence-corrected chi connectivity index (χ4v) is 5.31. The summed E-state index contributed by atoms with van der Waals surface area (Å²) in [5, 5.41) is 6.37. The van der Waals surface area contributed by atoms with E-state index in [-0.39, 0.29) is 30.3 Å². The van der Waals surface area contributed by atoms with Gasteiger partial charge in [0, 0.05) is 19.6 Å². The van der Waals surface area contributed by atoms with Crippen molar-refractivity contribution in [1.82, 2.24) is 15.5 Å². The average molecular weight is 420 g/mol. The molecule has 2 N–H and O–H groups in total. The molecule has 0 saturated carbocycles. The van der Waals surface area contributed by atoms with Crippen molar-refractivity contribution in [1.29, 1.82) is 0 Å². The number of aryl methyl sites for hydroxylation is 1. The first kappa shape index (κ1) is 22.1. The summed E-state index contributed by atoms with van der Waals surface area (Å²) in [6, 6.07) is 8.42. The van der Waals surface area contributed by atoms with Crippen molar-refractivity contribution in [2.24, 2.45) is 5.92 Å². The van der Waals surface area contributed by atoms with Gasteiger partial charge in [-0.25, -0.2) is 0 Å². The Morgan fingerprint density at radius 1 is 1.21 bits per heavy atom. The van der Waals surface area contributed by atoms with Gasteiger partial charge in [0.05, 0.1) is 11.5 Å². The number of hydrogen-bond acceptors (Lipinski definition) is 3. The first-order valence-electron chi connectivity index (χ1n) is 11.0. The van der Waals surface area contributed by atoms with Crippen LogP contribution in [0.3, 0.4) is 0 Å². The van der Waals surface area contributed by atoms with E-state index in [0.717, 1.165) is 64.6 Å². The number of piperidine rings is 1. The molecule has 0 radical (unpaired) electrons. The lowest BCUT2D eigenvalue weighted by atomic mass is 9.70. The van der Waals surface area contributed by atoms with Crippen LogP contribution in [0.4, 0.5) is 0 Å². The van der Waals surface area contributed by atoms with Crippen LogP contribution in [0, 0.1) is 5.92 Å². The fourth-order valence-electron chi connectivity index (χ4n) is 5.31. The van der Waals surface area contributed by atoms with Gasteiger partial charge >= 0.3 is 0 Å². The highest BCUT2D eigenvalue weighted by molar-refractivity contribution is 5.88. The minimum absolute atomic E-state index is 0. The molecular weight excluding hydrogens is 386 g/mol. The molecule has 4 rings (SSSR count). The molecule has 2 fully saturated rings. The summed E-state index contributed by atoms with van der Waals surface area (Å²) in [6.07, 6.45) is 7.17. The quantitative estimate of drug-likeness (QED) is 0.788. The molecule has 0 spiro atoms. The molecule has 29 heavy (non-hydrogen) atoms. The summed E-state index contributed by atoms with van der Waals surface area (Å²) in [6.45, 7) is 5.34. The lowest BCUT2D eigenvalue weighted by Gasteiger charge is -2.41. The van der Waals surface area contributed by atoms with Gasteiger partial charge in [-0.2, -0.15) is 0 Å². The molecule has 1 aromatic rings. The highest BCUT2D eigenvalue weighted by Crippen LogP contribution is 2.39. The maximum Gasteiger partial charge on any atom is 0.237 e. The maximum atomic E-state index is 13.6. The number of fused-ring (bicyclic) bond motifs is 1. The Kier molecular flexibility index (Phi) is 7.23. The Labute approximate surface area is 180 Å². The van der Waals surface area contributed by atoms with E-state index < -0.39 is 5.41 Å². The number of likely N-dealkylation sites (tertiary alicyclic amines) is 1. The summed E-state index contributed by atoms with van der Waals surface area (Å²) in [5.41, 5.74) is 2.14. The number of halogens is 1. The number of rotatable bonds is 4. The zero-order chi connectivity index (χ0) is 19.6. The van der Waals surface area contributed by atoms with E-state index in [4.69, 9.17) is 0 Å². The Morgan fingerprint density at radius 2 is 2.03 bits per heavy atom. The highest BCUT2D eigenvalue weighted by Gasteiger charge is 2.42. The number of benzene rings is 1. The smallest absolute Gasteiger partial charge is 0.237 e. The zero-order valence-electron chi connectivity index (χ0n) is 17.4. The number of nitrogens with zero attached hydrogens (tertiary/aromatic N) is 1. The van der Waals surface area contributed by atoms with Crippen LogP contribution >= 0.6 is 12.4 Å². The molecule has 2 heterocycles. The predicted molar refractivity (Wildman–Crippen MR) is 117 cm³/mol. The second kappa shape index (κ2) is 9.48. The molecule has 3 atom stereocenters. The average Bonchev–Trinajstić information content (AvgIpc) is 3.27. The normalized spacial score (nSPS) is 28.9. The molecule has 2 aliphatic heterocycles. The van der Waals surface area contributed by atoms with Crippen LogP contribution in [0.2, 0.25) is 0 Å². The van der Waals surface area contributed by atoms with Crippen molar-refractivity contribution in [2.45, 2.75) is 63.3 Å². The van der Waals surface area contributed by atoms with Gasteiger partial charge in [0.1, 0.15) is 0 Å². The van der Waals surface area contributed by atoms with Gasteiger partial charge in [-0.05, 0) is 75.5 Å². The standard InChI is InChI=1S/C23H33N3O2.ClH/c1-23(12-4-9-18-8-2-3-10-19(18)23)22(28)26-14-6-7-17(16-26)15-25-21(27)20-11-5-13-24-20;/h2-3,8,10,17,20,24H,4-7,9,11-16H2,1H3,(H,25,27);1H. The van der Waals surface area contributed by atoms with Crippen LogP contribution in [0.25, 0.3) is 0 Å². The summed E-state index contributed by atoms with van der Waals surface area (Å²) in [4.78, 5) is 27.9. The molecule has 5 nitrogen and oxygen atoms in total. The lowest BCUT2D eigenvalue weighted by molar-refractivity contribution is -0.139. The first-order chi connectivity index (χ1) is 13.6. The molecule has 1 aromatic carbocycles. The Bertz CT molecular complexity index is 735. The summed E-state index contributed by atoms with van der Waals surface area (Å²) in [5.74, 6) is 0.743. The fraction of sp³-hybridized carbons (Fsp3) is 0.652. The second-order valence-corrected chi connectivity index (χ2v) is 9.00. The SMILES string of the molecule is CC1(C(=O)N2CCCC(CNC(=O)C3CCCN3)C2)CCCc2ccccc21.Cl. The number of amides is 2. The van der Waals surface area contributed by atoms with E-state index in [2.05, 4.69) is 46.7 Å². The van der Waals surface area contributed by atoms with Gasteiger partial charge in [0.2, 0.25) is 11.8 Å². The van der Waals surface area contributed by atoms with Gasteiger partial charge in [-0.3, -0.25) is 9.59 Å². The van der Waals surface area contributed by atoms with Crippen molar-refractivity contribution >= 4 is 24.2 Å². The van der Waals surface area contributed by atoms with Gasteiger partial charge in [0.25, 0.3) is 0 Å². The molecule has 6 heteroatoms. The van der Waals surface area contributed by atoms with E-state index in [9.17, 15) is 9.59 Å². The molecule has 0 bridgehead atoms. The third kappa shape index (κ3) is 4.61. The topological polar surface area (TPSA) is 61.4 Å². The van der Waals surface area contributed by atoms with Gasteiger partial charge in [0.15, 0.2) is 0 Å². The van der Waals surface area contributed by atoms with Crippen molar-refractivity contribution in [2.75, 3.05) is 26.2 Å². The molecule has 1 aliphatic carbocycles. The molecule has 3 aliphatic rings. The molecule has 3 unspecified atom stereocenters. The van der Waals surface area contributed by atoms with Crippen molar-refractivity contribution in [3.05, 3.63) is 35.4 Å². The van der Waals surface area contributed by atoms with Crippen molar-refractivity contribution in [3.63, 3.8) is 0 Å². The minimum Gasteiger partial charge on any atom is -0.354 e. The van der Waals surface area contributed by atoms with Crippen LogP contribution < -0.4 is 10.6 Å². The number of nitrogens with one attached hydrogen (secondary N) is 2. The Hall–Kier alpha value is -1.59. The number of carbonyl (C=O) groups is 2. The maximum absolute atomic E-state index is 13.6. The molecule has 2 saturated heterocycles. The van der Waals surface area contributed by atoms with Crippen LogP contribution in [0.5, 0.6) is 0 Å². The van der Waals surface area contributed by atoms with E-state index in [1.54, 1.807) is 0 Å². The molecule has 160 valence electrons. The lowest BCUT2D eigenvalue weighted by Crippen LogP contribution is -2.52. The van der Waals surface area contributed by atoms with Crippen LogP contribution in [-0.4, -0.2) is 48.9 Å². The van der Waals surface area contributed by atoms with Gasteiger partial charge < -0.3 is 15.5 Å². The van der Waals surface area contributed by atoms with Gasteiger partial charge in [-0.1, -0.05) is 24.3 Å². The zero-order valence-corrected chi connectivity index (χ0v) is 18.2. The first-order valence-corrected chi connectivity index (χ1v) is 11.0. The summed E-state index contributed by atoms with van der Waals surface area (Å²) < 4.78 is 0. The number of carbonyl (C=O) groups excluding carboxylic acids is 2. The monoisotopic (exact) mass is 419 g/mol. The third-order valence-electron chi connectivity index (χ3n) is 6.95. The van der Waals surface area contributed by atoms with Gasteiger partial charge in [-0.15, -0.1) is 12.4 Å². The van der Waals surface area contributed by atoms with E-state index in [0.29, 0.717) is 12.5 Å². The second-order valence-electron chi connectivity index (χ2n) is 9.00. The highest BCUT2D eigenvalue weighted by atomic mass is 35.5. The molecule has 0 aromatic heterocycles.